The van der Waals surface area contributed by atoms with Crippen LogP contribution in [0.15, 0.2) is 67.0 Å². The molecule has 2 aromatic heterocycles. The minimum Gasteiger partial charge on any atom is -0.354 e. The number of rotatable bonds is 7. The molecule has 4 aromatic rings. The van der Waals surface area contributed by atoms with Gasteiger partial charge in [0.1, 0.15) is 0 Å². The zero-order chi connectivity index (χ0) is 19.3. The molecule has 0 fully saturated rings. The third-order valence-corrected chi connectivity index (χ3v) is 5.22. The van der Waals surface area contributed by atoms with Crippen molar-refractivity contribution in [3.8, 4) is 11.3 Å². The monoisotopic (exact) mass is 369 g/mol. The molecule has 0 saturated heterocycles. The van der Waals surface area contributed by atoms with E-state index in [-0.39, 0.29) is 0 Å². The maximum absolute atomic E-state index is 4.08. The summed E-state index contributed by atoms with van der Waals surface area (Å²) in [5, 5.41) is 4.93. The maximum atomic E-state index is 4.08. The predicted octanol–water partition coefficient (Wildman–Crippen LogP) is 5.22. The van der Waals surface area contributed by atoms with Crippen molar-refractivity contribution < 1.29 is 0 Å². The molecule has 0 aliphatic carbocycles. The molecule has 4 rings (SSSR count). The fraction of sp³-hybridized carbons (Fsp3) is 0.240. The molecule has 28 heavy (non-hydrogen) atoms. The molecule has 0 unspecified atom stereocenters. The molecule has 0 saturated carbocycles. The highest BCUT2D eigenvalue weighted by Crippen LogP contribution is 2.31. The van der Waals surface area contributed by atoms with Crippen molar-refractivity contribution in [2.45, 2.75) is 26.7 Å². The Bertz CT molecular complexity index is 1040. The standard InChI is InChI=1S/C25H27N3/c1-18-15-19(2)17-21(16-18)25-23(22-5-3-4-6-24(22)28-25)10-14-27-13-9-20-7-11-26-12-8-20/h3-8,11-12,15-17,27-28H,9-10,13-14H2,1-2H3. The summed E-state index contributed by atoms with van der Waals surface area (Å²) in [7, 11) is 0. The average molecular weight is 370 g/mol. The van der Waals surface area contributed by atoms with Crippen LogP contribution in [0.25, 0.3) is 22.2 Å². The summed E-state index contributed by atoms with van der Waals surface area (Å²) in [4.78, 5) is 7.75. The number of benzene rings is 2. The van der Waals surface area contributed by atoms with Gasteiger partial charge in [0.25, 0.3) is 0 Å². The van der Waals surface area contributed by atoms with E-state index in [2.05, 4.69) is 83.7 Å². The zero-order valence-electron chi connectivity index (χ0n) is 16.6. The highest BCUT2D eigenvalue weighted by molar-refractivity contribution is 5.91. The van der Waals surface area contributed by atoms with Gasteiger partial charge in [-0.25, -0.2) is 0 Å². The lowest BCUT2D eigenvalue weighted by Crippen LogP contribution is -2.20. The number of para-hydroxylation sites is 1. The van der Waals surface area contributed by atoms with Crippen LogP contribution in [0, 0.1) is 13.8 Å². The summed E-state index contributed by atoms with van der Waals surface area (Å²) in [5.41, 5.74) is 9.07. The van der Waals surface area contributed by atoms with E-state index in [1.807, 2.05) is 12.4 Å². The SMILES string of the molecule is Cc1cc(C)cc(-c2[nH]c3ccccc3c2CCNCCc2ccncc2)c1. The first-order valence-electron chi connectivity index (χ1n) is 9.98. The van der Waals surface area contributed by atoms with Crippen molar-refractivity contribution in [1.82, 2.24) is 15.3 Å². The first-order chi connectivity index (χ1) is 13.7. The smallest absolute Gasteiger partial charge is 0.0498 e. The molecule has 2 heterocycles. The van der Waals surface area contributed by atoms with Gasteiger partial charge in [-0.1, -0.05) is 35.4 Å². The van der Waals surface area contributed by atoms with E-state index >= 15 is 0 Å². The summed E-state index contributed by atoms with van der Waals surface area (Å²) in [6.07, 6.45) is 5.75. The van der Waals surface area contributed by atoms with E-state index in [1.165, 1.54) is 44.4 Å². The van der Waals surface area contributed by atoms with E-state index in [4.69, 9.17) is 0 Å². The number of fused-ring (bicyclic) bond motifs is 1. The quantitative estimate of drug-likeness (QED) is 0.438. The summed E-state index contributed by atoms with van der Waals surface area (Å²) >= 11 is 0. The van der Waals surface area contributed by atoms with E-state index in [0.29, 0.717) is 0 Å². The number of nitrogens with one attached hydrogen (secondary N) is 2. The van der Waals surface area contributed by atoms with Crippen LogP contribution in [0.4, 0.5) is 0 Å². The molecule has 3 heteroatoms. The fourth-order valence-corrected chi connectivity index (χ4v) is 3.95. The Morgan fingerprint density at radius 1 is 0.857 bits per heavy atom. The molecule has 0 aliphatic rings. The average Bonchev–Trinajstić information content (AvgIpc) is 3.07. The van der Waals surface area contributed by atoms with Crippen LogP contribution in [-0.4, -0.2) is 23.1 Å². The number of nitrogens with zero attached hydrogens (tertiary/aromatic N) is 1. The molecule has 0 bridgehead atoms. The Morgan fingerprint density at radius 3 is 2.36 bits per heavy atom. The van der Waals surface area contributed by atoms with E-state index in [9.17, 15) is 0 Å². The number of hydrogen-bond acceptors (Lipinski definition) is 2. The van der Waals surface area contributed by atoms with Crippen molar-refractivity contribution in [3.63, 3.8) is 0 Å². The van der Waals surface area contributed by atoms with Gasteiger partial charge in [-0.2, -0.15) is 0 Å². The lowest BCUT2D eigenvalue weighted by atomic mass is 9.99. The number of H-pyrrole nitrogens is 1. The first kappa shape index (κ1) is 18.5. The Hall–Kier alpha value is -2.91. The van der Waals surface area contributed by atoms with Crippen LogP contribution < -0.4 is 5.32 Å². The van der Waals surface area contributed by atoms with Crippen molar-refractivity contribution in [1.29, 1.82) is 0 Å². The van der Waals surface area contributed by atoms with E-state index in [1.54, 1.807) is 0 Å². The van der Waals surface area contributed by atoms with Gasteiger partial charge >= 0.3 is 0 Å². The summed E-state index contributed by atoms with van der Waals surface area (Å²) in [6.45, 7) is 6.27. The number of aromatic nitrogens is 2. The van der Waals surface area contributed by atoms with Gasteiger partial charge in [0.15, 0.2) is 0 Å². The van der Waals surface area contributed by atoms with Gasteiger partial charge in [0.2, 0.25) is 0 Å². The Morgan fingerprint density at radius 2 is 1.57 bits per heavy atom. The third-order valence-electron chi connectivity index (χ3n) is 5.22. The van der Waals surface area contributed by atoms with Crippen LogP contribution in [-0.2, 0) is 12.8 Å². The lowest BCUT2D eigenvalue weighted by molar-refractivity contribution is 0.683. The highest BCUT2D eigenvalue weighted by atomic mass is 14.8. The van der Waals surface area contributed by atoms with E-state index in [0.717, 1.165) is 25.9 Å². The fourth-order valence-electron chi connectivity index (χ4n) is 3.95. The minimum absolute atomic E-state index is 0.963. The molecule has 2 aromatic carbocycles. The largest absolute Gasteiger partial charge is 0.354 e. The van der Waals surface area contributed by atoms with Crippen molar-refractivity contribution in [2.24, 2.45) is 0 Å². The van der Waals surface area contributed by atoms with Gasteiger partial charge in [-0.3, -0.25) is 4.98 Å². The van der Waals surface area contributed by atoms with Crippen LogP contribution in [0.3, 0.4) is 0 Å². The van der Waals surface area contributed by atoms with Gasteiger partial charge in [0, 0.05) is 29.0 Å². The summed E-state index contributed by atoms with van der Waals surface area (Å²) in [5.74, 6) is 0. The van der Waals surface area contributed by atoms with Crippen LogP contribution >= 0.6 is 0 Å². The Labute approximate surface area is 166 Å². The van der Waals surface area contributed by atoms with Crippen molar-refractivity contribution in [2.75, 3.05) is 13.1 Å². The Balaban J connectivity index is 1.52. The van der Waals surface area contributed by atoms with Crippen molar-refractivity contribution >= 4 is 10.9 Å². The number of aromatic amines is 1. The van der Waals surface area contributed by atoms with Gasteiger partial charge in [0.05, 0.1) is 0 Å². The zero-order valence-corrected chi connectivity index (χ0v) is 16.6. The Kier molecular flexibility index (Phi) is 5.54. The van der Waals surface area contributed by atoms with Crippen LogP contribution in [0.5, 0.6) is 0 Å². The third kappa shape index (κ3) is 4.15. The molecule has 0 aliphatic heterocycles. The van der Waals surface area contributed by atoms with Crippen LogP contribution in [0.2, 0.25) is 0 Å². The second-order valence-electron chi connectivity index (χ2n) is 7.51. The van der Waals surface area contributed by atoms with Gasteiger partial charge < -0.3 is 10.3 Å². The lowest BCUT2D eigenvalue weighted by Gasteiger charge is -2.09. The first-order valence-corrected chi connectivity index (χ1v) is 9.98. The molecule has 3 nitrogen and oxygen atoms in total. The summed E-state index contributed by atoms with van der Waals surface area (Å²) in [6, 6.07) is 19.6. The molecule has 0 radical (unpaired) electrons. The maximum Gasteiger partial charge on any atom is 0.0498 e. The second-order valence-corrected chi connectivity index (χ2v) is 7.51. The number of pyridine rings is 1. The number of aryl methyl sites for hydroxylation is 2. The molecule has 2 N–H and O–H groups in total. The summed E-state index contributed by atoms with van der Waals surface area (Å²) < 4.78 is 0. The molecular formula is C25H27N3. The topological polar surface area (TPSA) is 40.7 Å². The molecule has 0 atom stereocenters. The highest BCUT2D eigenvalue weighted by Gasteiger charge is 2.13. The van der Waals surface area contributed by atoms with Crippen molar-refractivity contribution in [3.05, 3.63) is 89.2 Å². The normalized spacial score (nSPS) is 11.2. The van der Waals surface area contributed by atoms with Crippen LogP contribution in [0.1, 0.15) is 22.3 Å². The molecule has 142 valence electrons. The van der Waals surface area contributed by atoms with Gasteiger partial charge in [-0.15, -0.1) is 0 Å². The number of hydrogen-bond donors (Lipinski definition) is 2. The molecule has 0 amide bonds. The molecule has 0 spiro atoms. The molecular weight excluding hydrogens is 342 g/mol. The van der Waals surface area contributed by atoms with E-state index < -0.39 is 0 Å². The van der Waals surface area contributed by atoms with Gasteiger partial charge in [-0.05, 0) is 86.8 Å². The second kappa shape index (κ2) is 8.41. The minimum atomic E-state index is 0.963. The predicted molar refractivity (Wildman–Crippen MR) is 118 cm³/mol.